The zero-order valence-corrected chi connectivity index (χ0v) is 11.4. The Kier molecular flexibility index (Phi) is 2.48. The molecule has 0 N–H and O–H groups in total. The van der Waals surface area contributed by atoms with Crippen LogP contribution in [-0.2, 0) is 0 Å². The topological polar surface area (TPSA) is 43.4 Å². The van der Waals surface area contributed by atoms with Gasteiger partial charge in [0.15, 0.2) is 0 Å². The van der Waals surface area contributed by atoms with Crippen LogP contribution in [0.3, 0.4) is 0 Å². The molecular weight excluding hydrogens is 264 g/mol. The quantitative estimate of drug-likeness (QED) is 0.480. The van der Waals surface area contributed by atoms with Gasteiger partial charge in [0.1, 0.15) is 16.9 Å². The van der Waals surface area contributed by atoms with E-state index in [2.05, 4.69) is 0 Å². The Hall–Kier alpha value is -2.81. The average molecular weight is 276 g/mol. The average Bonchev–Trinajstić information content (AvgIpc) is 2.90. The first-order valence-corrected chi connectivity index (χ1v) is 6.74. The summed E-state index contributed by atoms with van der Waals surface area (Å²) >= 11 is 0. The fourth-order valence-corrected chi connectivity index (χ4v) is 2.50. The summed E-state index contributed by atoms with van der Waals surface area (Å²) in [6, 6.07) is 17.5. The second-order valence-electron chi connectivity index (χ2n) is 5.12. The Balaban J connectivity index is 1.99. The summed E-state index contributed by atoms with van der Waals surface area (Å²) in [5.41, 5.74) is 2.69. The van der Waals surface area contributed by atoms with Crippen molar-refractivity contribution in [2.45, 2.75) is 6.92 Å². The van der Waals surface area contributed by atoms with Crippen molar-refractivity contribution in [1.82, 2.24) is 0 Å². The number of fused-ring (bicyclic) bond motifs is 2. The molecule has 102 valence electrons. The lowest BCUT2D eigenvalue weighted by molar-refractivity contribution is 0.555. The van der Waals surface area contributed by atoms with Gasteiger partial charge in [-0.05, 0) is 31.2 Å². The van der Waals surface area contributed by atoms with E-state index in [1.165, 1.54) is 0 Å². The number of benzene rings is 2. The highest BCUT2D eigenvalue weighted by molar-refractivity contribution is 5.95. The standard InChI is InChI=1S/C18H12O3/c1-11-7-13-8-16-14(10-17(13)21-18(11)19)9-15(20-16)12-5-3-2-4-6-12/h2-10H,1H3. The van der Waals surface area contributed by atoms with Crippen LogP contribution in [0, 0.1) is 6.92 Å². The van der Waals surface area contributed by atoms with E-state index in [1.807, 2.05) is 54.6 Å². The molecule has 21 heavy (non-hydrogen) atoms. The van der Waals surface area contributed by atoms with E-state index in [4.69, 9.17) is 8.83 Å². The van der Waals surface area contributed by atoms with E-state index in [-0.39, 0.29) is 5.63 Å². The van der Waals surface area contributed by atoms with Gasteiger partial charge in [-0.1, -0.05) is 30.3 Å². The first-order valence-electron chi connectivity index (χ1n) is 6.74. The smallest absolute Gasteiger partial charge is 0.339 e. The van der Waals surface area contributed by atoms with Crippen LogP contribution in [0.25, 0.3) is 33.3 Å². The van der Waals surface area contributed by atoms with Crippen molar-refractivity contribution in [2.75, 3.05) is 0 Å². The summed E-state index contributed by atoms with van der Waals surface area (Å²) in [7, 11) is 0. The molecule has 0 aliphatic rings. The lowest BCUT2D eigenvalue weighted by atomic mass is 10.1. The fraction of sp³-hybridized carbons (Fsp3) is 0.0556. The number of aryl methyl sites for hydroxylation is 1. The van der Waals surface area contributed by atoms with Crippen molar-refractivity contribution in [3.63, 3.8) is 0 Å². The third-order valence-electron chi connectivity index (χ3n) is 3.60. The van der Waals surface area contributed by atoms with Crippen LogP contribution < -0.4 is 5.63 Å². The molecule has 0 spiro atoms. The second kappa shape index (κ2) is 4.35. The molecule has 2 aromatic heterocycles. The largest absolute Gasteiger partial charge is 0.456 e. The zero-order chi connectivity index (χ0) is 14.4. The predicted molar refractivity (Wildman–Crippen MR) is 82.4 cm³/mol. The van der Waals surface area contributed by atoms with Crippen LogP contribution in [0.15, 0.2) is 68.2 Å². The summed E-state index contributed by atoms with van der Waals surface area (Å²) in [6.07, 6.45) is 0. The van der Waals surface area contributed by atoms with Gasteiger partial charge < -0.3 is 8.83 Å². The van der Waals surface area contributed by atoms with Crippen LogP contribution >= 0.6 is 0 Å². The minimum Gasteiger partial charge on any atom is -0.456 e. The van der Waals surface area contributed by atoms with Crippen molar-refractivity contribution in [3.8, 4) is 11.3 Å². The molecule has 3 heteroatoms. The summed E-state index contributed by atoms with van der Waals surface area (Å²) in [5.74, 6) is 0.806. The molecule has 4 rings (SSSR count). The van der Waals surface area contributed by atoms with Crippen LogP contribution in [0.5, 0.6) is 0 Å². The molecule has 0 saturated carbocycles. The number of rotatable bonds is 1. The highest BCUT2D eigenvalue weighted by atomic mass is 16.4. The van der Waals surface area contributed by atoms with E-state index in [9.17, 15) is 4.79 Å². The van der Waals surface area contributed by atoms with Gasteiger partial charge in [0.25, 0.3) is 0 Å². The van der Waals surface area contributed by atoms with Gasteiger partial charge in [0, 0.05) is 21.9 Å². The minimum absolute atomic E-state index is 0.298. The van der Waals surface area contributed by atoms with Gasteiger partial charge in [-0.3, -0.25) is 0 Å². The lowest BCUT2D eigenvalue weighted by Crippen LogP contribution is -2.01. The molecule has 0 aliphatic carbocycles. The molecule has 0 saturated heterocycles. The highest BCUT2D eigenvalue weighted by Crippen LogP contribution is 2.30. The van der Waals surface area contributed by atoms with Crippen molar-refractivity contribution in [3.05, 3.63) is 70.6 Å². The molecule has 0 radical (unpaired) electrons. The molecular formula is C18H12O3. The molecule has 3 nitrogen and oxygen atoms in total. The Bertz CT molecular complexity index is 1010. The van der Waals surface area contributed by atoms with Gasteiger partial charge in [0.2, 0.25) is 0 Å². The number of hydrogen-bond donors (Lipinski definition) is 0. The first-order chi connectivity index (χ1) is 10.2. The molecule has 0 aliphatic heterocycles. The van der Waals surface area contributed by atoms with Crippen molar-refractivity contribution >= 4 is 21.9 Å². The predicted octanol–water partition coefficient (Wildman–Crippen LogP) is 4.51. The van der Waals surface area contributed by atoms with Crippen molar-refractivity contribution in [2.24, 2.45) is 0 Å². The van der Waals surface area contributed by atoms with Crippen LogP contribution in [-0.4, -0.2) is 0 Å². The molecule has 0 bridgehead atoms. The molecule has 0 atom stereocenters. The normalized spacial score (nSPS) is 11.3. The second-order valence-corrected chi connectivity index (χ2v) is 5.12. The van der Waals surface area contributed by atoms with E-state index in [0.717, 1.165) is 27.7 Å². The van der Waals surface area contributed by atoms with Gasteiger partial charge in [0.05, 0.1) is 0 Å². The molecule has 2 heterocycles. The third-order valence-corrected chi connectivity index (χ3v) is 3.60. The van der Waals surface area contributed by atoms with E-state index in [0.29, 0.717) is 11.1 Å². The van der Waals surface area contributed by atoms with E-state index < -0.39 is 0 Å². The van der Waals surface area contributed by atoms with Crippen molar-refractivity contribution in [1.29, 1.82) is 0 Å². The fourth-order valence-electron chi connectivity index (χ4n) is 2.50. The maximum Gasteiger partial charge on any atom is 0.339 e. The van der Waals surface area contributed by atoms with Crippen LogP contribution in [0.4, 0.5) is 0 Å². The zero-order valence-electron chi connectivity index (χ0n) is 11.4. The summed E-state index contributed by atoms with van der Waals surface area (Å²) in [6.45, 7) is 1.74. The van der Waals surface area contributed by atoms with Gasteiger partial charge in [-0.15, -0.1) is 0 Å². The third kappa shape index (κ3) is 1.94. The summed E-state index contributed by atoms with van der Waals surface area (Å²) in [5, 5.41) is 1.79. The maximum atomic E-state index is 11.6. The van der Waals surface area contributed by atoms with E-state index in [1.54, 1.807) is 6.92 Å². The SMILES string of the molecule is Cc1cc2cc3oc(-c4ccccc4)cc3cc2oc1=O. The van der Waals surface area contributed by atoms with Gasteiger partial charge in [-0.25, -0.2) is 4.79 Å². The lowest BCUT2D eigenvalue weighted by Gasteiger charge is -1.97. The first kappa shape index (κ1) is 12.0. The molecule has 0 amide bonds. The number of furan rings is 1. The van der Waals surface area contributed by atoms with Crippen molar-refractivity contribution < 1.29 is 8.83 Å². The Morgan fingerprint density at radius 1 is 0.810 bits per heavy atom. The Morgan fingerprint density at radius 3 is 2.24 bits per heavy atom. The van der Waals surface area contributed by atoms with E-state index >= 15 is 0 Å². The summed E-state index contributed by atoms with van der Waals surface area (Å²) < 4.78 is 11.2. The van der Waals surface area contributed by atoms with Gasteiger partial charge in [-0.2, -0.15) is 0 Å². The van der Waals surface area contributed by atoms with Gasteiger partial charge >= 0.3 is 5.63 Å². The Morgan fingerprint density at radius 2 is 1.48 bits per heavy atom. The number of hydrogen-bond acceptors (Lipinski definition) is 3. The molecule has 0 unspecified atom stereocenters. The molecule has 0 fully saturated rings. The summed E-state index contributed by atoms with van der Waals surface area (Å²) in [4.78, 5) is 11.6. The molecule has 4 aromatic rings. The maximum absolute atomic E-state index is 11.6. The minimum atomic E-state index is -0.298. The highest BCUT2D eigenvalue weighted by Gasteiger charge is 2.09. The molecule has 2 aromatic carbocycles. The Labute approximate surface area is 120 Å². The van der Waals surface area contributed by atoms with Crippen LogP contribution in [0.2, 0.25) is 0 Å². The monoisotopic (exact) mass is 276 g/mol. The van der Waals surface area contributed by atoms with Crippen LogP contribution in [0.1, 0.15) is 5.56 Å².